The van der Waals surface area contributed by atoms with Crippen molar-refractivity contribution >= 4 is 33.5 Å². The second kappa shape index (κ2) is 9.40. The maximum Gasteiger partial charge on any atom is 0.303 e. The van der Waals surface area contributed by atoms with Crippen molar-refractivity contribution in [3.05, 3.63) is 41.2 Å². The van der Waals surface area contributed by atoms with Gasteiger partial charge in [-0.1, -0.05) is 12.1 Å². The Kier molecular flexibility index (Phi) is 6.86. The Morgan fingerprint density at radius 2 is 1.94 bits per heavy atom. The standard InChI is InChI=1S/C20H25N5O5S/c1-13-23-19(21)16-12-17(26)25(20(16)24-13)11-3-2-10-22-31(29,30)15-7-4-14(5-8-15)6-9-18(27)28/h4-5,7-8,22H,2-3,6,9-12H2,1H3,(H,27,28)(H2,21,23,24). The van der Waals surface area contributed by atoms with E-state index >= 15 is 0 Å². The van der Waals surface area contributed by atoms with Crippen LogP contribution in [0, 0.1) is 6.92 Å². The summed E-state index contributed by atoms with van der Waals surface area (Å²) in [6.45, 7) is 2.36. The molecule has 0 fully saturated rings. The number of benzene rings is 1. The molecular weight excluding hydrogens is 422 g/mol. The first kappa shape index (κ1) is 22.6. The topological polar surface area (TPSA) is 156 Å². The normalized spacial score (nSPS) is 13.5. The number of carbonyl (C=O) groups excluding carboxylic acids is 1. The number of aromatic nitrogens is 2. The summed E-state index contributed by atoms with van der Waals surface area (Å²) in [7, 11) is -3.66. The van der Waals surface area contributed by atoms with E-state index < -0.39 is 16.0 Å². The number of aliphatic carboxylic acids is 1. The molecule has 166 valence electrons. The van der Waals surface area contributed by atoms with E-state index in [2.05, 4.69) is 14.7 Å². The molecule has 2 heterocycles. The fourth-order valence-corrected chi connectivity index (χ4v) is 4.44. The van der Waals surface area contributed by atoms with E-state index in [-0.39, 0.29) is 30.2 Å². The molecule has 10 nitrogen and oxygen atoms in total. The summed E-state index contributed by atoms with van der Waals surface area (Å²) in [5, 5.41) is 8.72. The number of sulfonamides is 1. The number of fused-ring (bicyclic) bond motifs is 1. The molecule has 31 heavy (non-hydrogen) atoms. The first-order valence-corrected chi connectivity index (χ1v) is 11.4. The van der Waals surface area contributed by atoms with Gasteiger partial charge in [0.05, 0.1) is 11.3 Å². The molecule has 0 radical (unpaired) electrons. The molecule has 4 N–H and O–H groups in total. The fraction of sp³-hybridized carbons (Fsp3) is 0.400. The molecule has 0 atom stereocenters. The number of anilines is 2. The van der Waals surface area contributed by atoms with E-state index in [0.717, 1.165) is 5.56 Å². The van der Waals surface area contributed by atoms with E-state index in [1.165, 1.54) is 12.1 Å². The summed E-state index contributed by atoms with van der Waals surface area (Å²) >= 11 is 0. The molecule has 0 spiro atoms. The van der Waals surface area contributed by atoms with Gasteiger partial charge in [0.15, 0.2) is 0 Å². The first-order valence-electron chi connectivity index (χ1n) is 9.91. The number of amides is 1. The minimum Gasteiger partial charge on any atom is -0.481 e. The highest BCUT2D eigenvalue weighted by Gasteiger charge is 2.31. The predicted octanol–water partition coefficient (Wildman–Crippen LogP) is 1.03. The van der Waals surface area contributed by atoms with E-state index in [0.29, 0.717) is 48.8 Å². The Morgan fingerprint density at radius 3 is 2.61 bits per heavy atom. The van der Waals surface area contributed by atoms with Crippen molar-refractivity contribution in [3.8, 4) is 0 Å². The second-order valence-corrected chi connectivity index (χ2v) is 9.09. The zero-order valence-corrected chi connectivity index (χ0v) is 18.0. The molecule has 0 bridgehead atoms. The van der Waals surface area contributed by atoms with Gasteiger partial charge in [0.1, 0.15) is 17.5 Å². The lowest BCUT2D eigenvalue weighted by molar-refractivity contribution is -0.137. The van der Waals surface area contributed by atoms with Crippen LogP contribution in [0.25, 0.3) is 0 Å². The van der Waals surface area contributed by atoms with Gasteiger partial charge < -0.3 is 10.8 Å². The lowest BCUT2D eigenvalue weighted by Crippen LogP contribution is -2.30. The van der Waals surface area contributed by atoms with Crippen LogP contribution in [0.4, 0.5) is 11.6 Å². The summed E-state index contributed by atoms with van der Waals surface area (Å²) in [6, 6.07) is 6.16. The molecule has 0 saturated carbocycles. The number of nitrogen functional groups attached to an aromatic ring is 1. The average molecular weight is 448 g/mol. The van der Waals surface area contributed by atoms with Crippen LogP contribution in [0.1, 0.15) is 36.2 Å². The van der Waals surface area contributed by atoms with Crippen LogP contribution in [0.5, 0.6) is 0 Å². The first-order chi connectivity index (χ1) is 14.7. The zero-order chi connectivity index (χ0) is 22.6. The lowest BCUT2D eigenvalue weighted by Gasteiger charge is -2.17. The zero-order valence-electron chi connectivity index (χ0n) is 17.2. The van der Waals surface area contributed by atoms with Gasteiger partial charge in [-0.25, -0.2) is 23.1 Å². The van der Waals surface area contributed by atoms with Gasteiger partial charge in [0.25, 0.3) is 0 Å². The summed E-state index contributed by atoms with van der Waals surface area (Å²) in [6.07, 6.45) is 1.64. The quantitative estimate of drug-likeness (QED) is 0.456. The van der Waals surface area contributed by atoms with Crippen LogP contribution in [-0.4, -0.2) is 48.5 Å². The highest BCUT2D eigenvalue weighted by Crippen LogP contribution is 2.30. The number of rotatable bonds is 10. The molecule has 2 aromatic rings. The lowest BCUT2D eigenvalue weighted by atomic mass is 10.1. The molecular formula is C20H25N5O5S. The van der Waals surface area contributed by atoms with Crippen LogP contribution in [0.2, 0.25) is 0 Å². The Hall–Kier alpha value is -3.05. The van der Waals surface area contributed by atoms with Gasteiger partial charge in [-0.2, -0.15) is 0 Å². The number of nitrogens with zero attached hydrogens (tertiary/aromatic N) is 3. The summed E-state index contributed by atoms with van der Waals surface area (Å²) in [5.74, 6) is 0.366. The van der Waals surface area contributed by atoms with Gasteiger partial charge in [0, 0.05) is 25.1 Å². The van der Waals surface area contributed by atoms with E-state index in [1.807, 2.05) is 0 Å². The van der Waals surface area contributed by atoms with Gasteiger partial charge in [0.2, 0.25) is 15.9 Å². The van der Waals surface area contributed by atoms with E-state index in [9.17, 15) is 18.0 Å². The summed E-state index contributed by atoms with van der Waals surface area (Å²) < 4.78 is 27.4. The van der Waals surface area contributed by atoms with E-state index in [1.54, 1.807) is 24.0 Å². The van der Waals surface area contributed by atoms with Crippen molar-refractivity contribution < 1.29 is 23.1 Å². The SMILES string of the molecule is Cc1nc(N)c2c(n1)N(CCCCNS(=O)(=O)c1ccc(CCC(=O)O)cc1)C(=O)C2. The number of nitrogens with one attached hydrogen (secondary N) is 1. The Bertz CT molecular complexity index is 1090. The van der Waals surface area contributed by atoms with Crippen LogP contribution >= 0.6 is 0 Å². The molecule has 0 unspecified atom stereocenters. The highest BCUT2D eigenvalue weighted by molar-refractivity contribution is 7.89. The molecule has 1 aliphatic heterocycles. The van der Waals surface area contributed by atoms with Crippen molar-refractivity contribution in [1.82, 2.24) is 14.7 Å². The maximum absolute atomic E-state index is 12.4. The van der Waals surface area contributed by atoms with Crippen molar-refractivity contribution in [2.24, 2.45) is 0 Å². The number of carboxylic acid groups (broad SMARTS) is 1. The second-order valence-electron chi connectivity index (χ2n) is 7.32. The van der Waals surface area contributed by atoms with Crippen molar-refractivity contribution in [2.45, 2.75) is 43.9 Å². The van der Waals surface area contributed by atoms with Crippen LogP contribution < -0.4 is 15.4 Å². The number of hydrogen-bond donors (Lipinski definition) is 3. The Morgan fingerprint density at radius 1 is 1.23 bits per heavy atom. The minimum absolute atomic E-state index is 0.00741. The van der Waals surface area contributed by atoms with Crippen LogP contribution in [0.3, 0.4) is 0 Å². The predicted molar refractivity (Wildman–Crippen MR) is 114 cm³/mol. The highest BCUT2D eigenvalue weighted by atomic mass is 32.2. The number of hydrogen-bond acceptors (Lipinski definition) is 7. The van der Waals surface area contributed by atoms with Gasteiger partial charge in [-0.15, -0.1) is 0 Å². The Labute approximate surface area is 180 Å². The minimum atomic E-state index is -3.66. The van der Waals surface area contributed by atoms with Gasteiger partial charge >= 0.3 is 5.97 Å². The fourth-order valence-electron chi connectivity index (χ4n) is 3.36. The van der Waals surface area contributed by atoms with Crippen molar-refractivity contribution in [3.63, 3.8) is 0 Å². The molecule has 1 aromatic carbocycles. The third-order valence-corrected chi connectivity index (χ3v) is 6.45. The molecule has 11 heteroatoms. The van der Waals surface area contributed by atoms with Crippen molar-refractivity contribution in [2.75, 3.05) is 23.7 Å². The average Bonchev–Trinajstić information content (AvgIpc) is 3.02. The van der Waals surface area contributed by atoms with Gasteiger partial charge in [-0.3, -0.25) is 14.5 Å². The van der Waals surface area contributed by atoms with E-state index in [4.69, 9.17) is 10.8 Å². The third kappa shape index (κ3) is 5.56. The van der Waals surface area contributed by atoms with Crippen molar-refractivity contribution in [1.29, 1.82) is 0 Å². The number of carboxylic acids is 1. The number of unbranched alkanes of at least 4 members (excludes halogenated alkanes) is 1. The monoisotopic (exact) mass is 447 g/mol. The molecule has 0 aliphatic carbocycles. The molecule has 0 saturated heterocycles. The largest absolute Gasteiger partial charge is 0.481 e. The van der Waals surface area contributed by atoms with Crippen LogP contribution in [-0.2, 0) is 32.5 Å². The summed E-state index contributed by atoms with van der Waals surface area (Å²) in [5.41, 5.74) is 7.29. The number of carbonyl (C=O) groups is 2. The van der Waals surface area contributed by atoms with Crippen LogP contribution in [0.15, 0.2) is 29.2 Å². The molecule has 1 aromatic heterocycles. The molecule has 1 aliphatic rings. The summed E-state index contributed by atoms with van der Waals surface area (Å²) in [4.78, 5) is 33.0. The number of nitrogens with two attached hydrogens (primary N) is 1. The maximum atomic E-state index is 12.4. The third-order valence-electron chi connectivity index (χ3n) is 4.98. The smallest absolute Gasteiger partial charge is 0.303 e. The molecule has 1 amide bonds. The number of aryl methyl sites for hydroxylation is 2. The Balaban J connectivity index is 1.49. The van der Waals surface area contributed by atoms with Gasteiger partial charge in [-0.05, 0) is 43.9 Å². The molecule has 3 rings (SSSR count).